The third kappa shape index (κ3) is 3.17. The lowest BCUT2D eigenvalue weighted by Gasteiger charge is -2.25. The molecule has 6 heteroatoms. The molecular formula is C17H21N5O. The van der Waals surface area contributed by atoms with Crippen LogP contribution in [0.1, 0.15) is 38.7 Å². The number of benzene rings is 1. The Bertz CT molecular complexity index is 840. The van der Waals surface area contributed by atoms with Crippen molar-refractivity contribution in [2.24, 2.45) is 0 Å². The minimum Gasteiger partial charge on any atom is -0.309 e. The lowest BCUT2D eigenvalue weighted by atomic mass is 10.1. The first-order valence-electron chi connectivity index (χ1n) is 7.80. The fraction of sp³-hybridized carbons (Fsp3) is 0.353. The van der Waals surface area contributed by atoms with Crippen molar-refractivity contribution in [3.05, 3.63) is 58.9 Å². The zero-order valence-corrected chi connectivity index (χ0v) is 13.5. The number of fused-ring (bicyclic) bond motifs is 1. The Hall–Kier alpha value is -2.47. The summed E-state index contributed by atoms with van der Waals surface area (Å²) in [6.45, 7) is 6.20. The van der Waals surface area contributed by atoms with Crippen molar-refractivity contribution in [3.8, 4) is 0 Å². The van der Waals surface area contributed by atoms with Crippen LogP contribution in [-0.4, -0.2) is 25.8 Å². The van der Waals surface area contributed by atoms with Gasteiger partial charge in [-0.2, -0.15) is 5.10 Å². The van der Waals surface area contributed by atoms with Crippen LogP contribution in [0, 0.1) is 0 Å². The molecule has 23 heavy (non-hydrogen) atoms. The molecule has 0 bridgehead atoms. The van der Waals surface area contributed by atoms with E-state index in [2.05, 4.69) is 34.2 Å². The van der Waals surface area contributed by atoms with Gasteiger partial charge in [-0.15, -0.1) is 0 Å². The van der Waals surface area contributed by atoms with Gasteiger partial charge in [-0.25, -0.2) is 4.98 Å². The summed E-state index contributed by atoms with van der Waals surface area (Å²) < 4.78 is 1.92. The average Bonchev–Trinajstić information content (AvgIpc) is 3.08. The molecule has 3 atom stereocenters. The average molecular weight is 311 g/mol. The van der Waals surface area contributed by atoms with Gasteiger partial charge in [0.05, 0.1) is 23.0 Å². The summed E-state index contributed by atoms with van der Waals surface area (Å²) in [5.41, 5.74) is 0.611. The van der Waals surface area contributed by atoms with Crippen LogP contribution in [0.4, 0.5) is 0 Å². The molecule has 2 aromatic heterocycles. The van der Waals surface area contributed by atoms with Crippen molar-refractivity contribution in [2.45, 2.75) is 38.9 Å². The summed E-state index contributed by atoms with van der Waals surface area (Å²) >= 11 is 0. The molecule has 6 nitrogen and oxygen atoms in total. The smallest absolute Gasteiger partial charge is 0.258 e. The molecule has 0 aliphatic rings. The Morgan fingerprint density at radius 2 is 1.96 bits per heavy atom. The molecule has 1 aromatic carbocycles. The van der Waals surface area contributed by atoms with E-state index in [9.17, 15) is 4.79 Å². The Kier molecular flexibility index (Phi) is 4.25. The van der Waals surface area contributed by atoms with Crippen LogP contribution >= 0.6 is 0 Å². The molecule has 0 unspecified atom stereocenters. The predicted molar refractivity (Wildman–Crippen MR) is 90.3 cm³/mol. The first-order valence-corrected chi connectivity index (χ1v) is 7.80. The van der Waals surface area contributed by atoms with Crippen molar-refractivity contribution in [3.63, 3.8) is 0 Å². The summed E-state index contributed by atoms with van der Waals surface area (Å²) in [5.74, 6) is 0.646. The highest BCUT2D eigenvalue weighted by atomic mass is 16.1. The molecule has 0 spiro atoms. The van der Waals surface area contributed by atoms with E-state index < -0.39 is 0 Å². The van der Waals surface area contributed by atoms with E-state index in [1.807, 2.05) is 42.1 Å². The largest absolute Gasteiger partial charge is 0.309 e. The van der Waals surface area contributed by atoms with Gasteiger partial charge in [-0.1, -0.05) is 12.1 Å². The van der Waals surface area contributed by atoms with Gasteiger partial charge >= 0.3 is 0 Å². The van der Waals surface area contributed by atoms with E-state index in [4.69, 9.17) is 0 Å². The SMILES string of the molecule is C[C@H](N[C@H](C)[C@@H](C)n1cccn1)c1nc2ccccc2c(=O)[nH]1. The third-order valence-electron chi connectivity index (χ3n) is 4.22. The molecule has 0 amide bonds. The number of nitrogens with zero attached hydrogens (tertiary/aromatic N) is 3. The molecular weight excluding hydrogens is 290 g/mol. The summed E-state index contributed by atoms with van der Waals surface area (Å²) in [6, 6.07) is 9.58. The Morgan fingerprint density at radius 1 is 1.17 bits per heavy atom. The van der Waals surface area contributed by atoms with E-state index >= 15 is 0 Å². The number of para-hydroxylation sites is 1. The molecule has 0 fully saturated rings. The second-order valence-corrected chi connectivity index (χ2v) is 5.87. The summed E-state index contributed by atoms with van der Waals surface area (Å²) in [7, 11) is 0. The maximum absolute atomic E-state index is 12.2. The van der Waals surface area contributed by atoms with E-state index in [0.717, 1.165) is 0 Å². The van der Waals surface area contributed by atoms with E-state index in [-0.39, 0.29) is 23.7 Å². The number of aromatic amines is 1. The van der Waals surface area contributed by atoms with Gasteiger partial charge in [-0.3, -0.25) is 9.48 Å². The summed E-state index contributed by atoms with van der Waals surface area (Å²) in [5, 5.41) is 8.37. The van der Waals surface area contributed by atoms with Crippen LogP contribution in [0.3, 0.4) is 0 Å². The number of aromatic nitrogens is 4. The summed E-state index contributed by atoms with van der Waals surface area (Å²) in [4.78, 5) is 19.6. The van der Waals surface area contributed by atoms with Gasteiger partial charge < -0.3 is 10.3 Å². The highest BCUT2D eigenvalue weighted by Crippen LogP contribution is 2.15. The maximum Gasteiger partial charge on any atom is 0.258 e. The molecule has 2 heterocycles. The van der Waals surface area contributed by atoms with Gasteiger partial charge in [0.1, 0.15) is 5.82 Å². The topological polar surface area (TPSA) is 75.6 Å². The monoisotopic (exact) mass is 311 g/mol. The minimum atomic E-state index is -0.105. The molecule has 120 valence electrons. The Labute approximate surface area is 134 Å². The van der Waals surface area contributed by atoms with Crippen LogP contribution < -0.4 is 10.9 Å². The fourth-order valence-electron chi connectivity index (χ4n) is 2.67. The number of nitrogens with one attached hydrogen (secondary N) is 2. The quantitative estimate of drug-likeness (QED) is 0.759. The maximum atomic E-state index is 12.2. The zero-order valence-electron chi connectivity index (χ0n) is 13.5. The molecule has 0 saturated heterocycles. The molecule has 0 saturated carbocycles. The zero-order chi connectivity index (χ0) is 16.4. The van der Waals surface area contributed by atoms with Crippen molar-refractivity contribution in [1.82, 2.24) is 25.1 Å². The molecule has 2 N–H and O–H groups in total. The number of rotatable bonds is 5. The predicted octanol–water partition coefficient (Wildman–Crippen LogP) is 2.42. The van der Waals surface area contributed by atoms with Crippen molar-refractivity contribution >= 4 is 10.9 Å². The summed E-state index contributed by atoms with van der Waals surface area (Å²) in [6.07, 6.45) is 3.72. The van der Waals surface area contributed by atoms with Crippen LogP contribution in [0.2, 0.25) is 0 Å². The minimum absolute atomic E-state index is 0.0691. The molecule has 3 rings (SSSR count). The first-order chi connectivity index (χ1) is 11.1. The Morgan fingerprint density at radius 3 is 2.70 bits per heavy atom. The molecule has 0 radical (unpaired) electrons. The number of H-pyrrole nitrogens is 1. The lowest BCUT2D eigenvalue weighted by Crippen LogP contribution is -2.36. The van der Waals surface area contributed by atoms with Crippen LogP contribution in [0.5, 0.6) is 0 Å². The molecule has 0 aliphatic heterocycles. The third-order valence-corrected chi connectivity index (χ3v) is 4.22. The van der Waals surface area contributed by atoms with Gasteiger partial charge in [0, 0.05) is 18.4 Å². The van der Waals surface area contributed by atoms with Crippen LogP contribution in [0.25, 0.3) is 10.9 Å². The van der Waals surface area contributed by atoms with Crippen molar-refractivity contribution in [1.29, 1.82) is 0 Å². The van der Waals surface area contributed by atoms with Crippen LogP contribution in [-0.2, 0) is 0 Å². The highest BCUT2D eigenvalue weighted by molar-refractivity contribution is 5.77. The van der Waals surface area contributed by atoms with E-state index in [1.54, 1.807) is 12.3 Å². The standard InChI is InChI=1S/C17H21N5O/c1-11(13(3)22-10-6-9-18-22)19-12(2)16-20-15-8-5-4-7-14(15)17(23)21-16/h4-13,19H,1-3H3,(H,20,21,23)/t11-,12+,13-/m1/s1. The molecule has 3 aromatic rings. The second kappa shape index (κ2) is 6.34. The van der Waals surface area contributed by atoms with E-state index in [0.29, 0.717) is 16.7 Å². The number of hydrogen-bond donors (Lipinski definition) is 2. The highest BCUT2D eigenvalue weighted by Gasteiger charge is 2.18. The number of hydrogen-bond acceptors (Lipinski definition) is 4. The van der Waals surface area contributed by atoms with Gasteiger partial charge in [0.25, 0.3) is 5.56 Å². The molecule has 0 aliphatic carbocycles. The van der Waals surface area contributed by atoms with Gasteiger partial charge in [0.15, 0.2) is 0 Å². The van der Waals surface area contributed by atoms with Crippen LogP contribution in [0.15, 0.2) is 47.5 Å². The van der Waals surface area contributed by atoms with Crippen molar-refractivity contribution < 1.29 is 0 Å². The Balaban J connectivity index is 1.80. The normalized spacial score (nSPS) is 15.4. The van der Waals surface area contributed by atoms with Gasteiger partial charge in [-0.05, 0) is 39.0 Å². The van der Waals surface area contributed by atoms with E-state index in [1.165, 1.54) is 0 Å². The first kappa shape index (κ1) is 15.4. The van der Waals surface area contributed by atoms with Crippen molar-refractivity contribution in [2.75, 3.05) is 0 Å². The van der Waals surface area contributed by atoms with Gasteiger partial charge in [0.2, 0.25) is 0 Å². The second-order valence-electron chi connectivity index (χ2n) is 5.87. The lowest BCUT2D eigenvalue weighted by molar-refractivity contribution is 0.337. The fourth-order valence-corrected chi connectivity index (χ4v) is 2.67.